The van der Waals surface area contributed by atoms with Gasteiger partial charge in [-0.3, -0.25) is 9.36 Å². The highest BCUT2D eigenvalue weighted by Gasteiger charge is 2.14. The van der Waals surface area contributed by atoms with Crippen molar-refractivity contribution in [1.29, 1.82) is 0 Å². The standard InChI is InChI=1S/C20H17ClN4O3/c1-2-18-22-16-6-4-3-5-15(16)20(26)25(18)11-17-23-19(28-24-17)12-27-14-9-7-13(21)8-10-14/h3-10H,2,11-12H2,1H3. The van der Waals surface area contributed by atoms with Crippen molar-refractivity contribution in [2.45, 2.75) is 26.5 Å². The van der Waals surface area contributed by atoms with Crippen LogP contribution in [0.3, 0.4) is 0 Å². The molecule has 0 fully saturated rings. The number of fused-ring (bicyclic) bond motifs is 1. The van der Waals surface area contributed by atoms with Crippen molar-refractivity contribution < 1.29 is 9.26 Å². The summed E-state index contributed by atoms with van der Waals surface area (Å²) in [6.45, 7) is 2.26. The molecule has 8 heteroatoms. The van der Waals surface area contributed by atoms with Crippen LogP contribution in [0.4, 0.5) is 0 Å². The zero-order chi connectivity index (χ0) is 19.5. The monoisotopic (exact) mass is 396 g/mol. The lowest BCUT2D eigenvalue weighted by Crippen LogP contribution is -2.26. The van der Waals surface area contributed by atoms with E-state index in [9.17, 15) is 4.79 Å². The average molecular weight is 397 g/mol. The third kappa shape index (κ3) is 3.75. The maximum Gasteiger partial charge on any atom is 0.264 e. The van der Waals surface area contributed by atoms with E-state index in [0.717, 1.165) is 0 Å². The van der Waals surface area contributed by atoms with E-state index in [0.29, 0.717) is 45.6 Å². The van der Waals surface area contributed by atoms with Gasteiger partial charge in [-0.15, -0.1) is 0 Å². The number of hydrogen-bond acceptors (Lipinski definition) is 6. The number of aryl methyl sites for hydroxylation is 1. The lowest BCUT2D eigenvalue weighted by atomic mass is 10.2. The van der Waals surface area contributed by atoms with E-state index in [1.807, 2.05) is 25.1 Å². The van der Waals surface area contributed by atoms with Crippen LogP contribution in [0.1, 0.15) is 24.5 Å². The summed E-state index contributed by atoms with van der Waals surface area (Å²) < 4.78 is 12.4. The van der Waals surface area contributed by atoms with Crippen molar-refractivity contribution in [1.82, 2.24) is 19.7 Å². The smallest absolute Gasteiger partial charge is 0.264 e. The average Bonchev–Trinajstić information content (AvgIpc) is 3.17. The third-order valence-electron chi connectivity index (χ3n) is 4.24. The molecule has 4 aromatic rings. The summed E-state index contributed by atoms with van der Waals surface area (Å²) in [5, 5.41) is 5.16. The number of aromatic nitrogens is 4. The lowest BCUT2D eigenvalue weighted by molar-refractivity contribution is 0.242. The number of nitrogens with zero attached hydrogens (tertiary/aromatic N) is 4. The van der Waals surface area contributed by atoms with Crippen molar-refractivity contribution in [3.05, 3.63) is 81.4 Å². The minimum atomic E-state index is -0.119. The Hall–Kier alpha value is -3.19. The van der Waals surface area contributed by atoms with Gasteiger partial charge in [-0.2, -0.15) is 4.98 Å². The summed E-state index contributed by atoms with van der Waals surface area (Å²) in [6.07, 6.45) is 0.616. The molecule has 4 rings (SSSR count). The second-order valence-corrected chi connectivity index (χ2v) is 6.57. The third-order valence-corrected chi connectivity index (χ3v) is 4.49. The van der Waals surface area contributed by atoms with Crippen LogP contribution in [0.25, 0.3) is 10.9 Å². The van der Waals surface area contributed by atoms with Gasteiger partial charge in [-0.25, -0.2) is 4.98 Å². The van der Waals surface area contributed by atoms with Gasteiger partial charge < -0.3 is 9.26 Å². The van der Waals surface area contributed by atoms with Crippen LogP contribution in [0.5, 0.6) is 5.75 Å². The van der Waals surface area contributed by atoms with Crippen molar-refractivity contribution in [2.75, 3.05) is 0 Å². The fraction of sp³-hybridized carbons (Fsp3) is 0.200. The van der Waals surface area contributed by atoms with Gasteiger partial charge in [-0.1, -0.05) is 35.8 Å². The predicted molar refractivity (Wildman–Crippen MR) is 105 cm³/mol. The normalized spacial score (nSPS) is 11.1. The molecule has 0 amide bonds. The summed E-state index contributed by atoms with van der Waals surface area (Å²) >= 11 is 5.85. The number of benzene rings is 2. The van der Waals surface area contributed by atoms with Gasteiger partial charge in [0.05, 0.1) is 17.4 Å². The van der Waals surface area contributed by atoms with Crippen molar-refractivity contribution in [3.8, 4) is 5.75 Å². The van der Waals surface area contributed by atoms with Crippen LogP contribution in [0.2, 0.25) is 5.02 Å². The predicted octanol–water partition coefficient (Wildman–Crippen LogP) is 3.62. The molecule has 0 radical (unpaired) electrons. The van der Waals surface area contributed by atoms with Crippen molar-refractivity contribution in [2.24, 2.45) is 0 Å². The molecule has 0 aliphatic heterocycles. The molecule has 142 valence electrons. The first-order chi connectivity index (χ1) is 13.6. The highest BCUT2D eigenvalue weighted by molar-refractivity contribution is 6.30. The van der Waals surface area contributed by atoms with Crippen LogP contribution in [0, 0.1) is 0 Å². The van der Waals surface area contributed by atoms with Gasteiger partial charge >= 0.3 is 0 Å². The molecule has 28 heavy (non-hydrogen) atoms. The molecule has 0 aliphatic carbocycles. The van der Waals surface area contributed by atoms with Gasteiger partial charge in [-0.05, 0) is 36.4 Å². The molecule has 0 bridgehead atoms. The lowest BCUT2D eigenvalue weighted by Gasteiger charge is -2.10. The quantitative estimate of drug-likeness (QED) is 0.495. The Morgan fingerprint density at radius 3 is 2.68 bits per heavy atom. The molecule has 2 aromatic carbocycles. The van der Waals surface area contributed by atoms with Crippen LogP contribution in [-0.4, -0.2) is 19.7 Å². The Balaban J connectivity index is 1.54. The number of ether oxygens (including phenoxy) is 1. The van der Waals surface area contributed by atoms with E-state index in [1.165, 1.54) is 0 Å². The molecule has 0 N–H and O–H groups in total. The van der Waals surface area contributed by atoms with Crippen LogP contribution >= 0.6 is 11.6 Å². The Kier molecular flexibility index (Phi) is 5.08. The summed E-state index contributed by atoms with van der Waals surface area (Å²) in [6, 6.07) is 14.3. The maximum absolute atomic E-state index is 12.9. The molecule has 0 atom stereocenters. The minimum Gasteiger partial charge on any atom is -0.484 e. The van der Waals surface area contributed by atoms with Crippen LogP contribution < -0.4 is 10.3 Å². The first-order valence-corrected chi connectivity index (χ1v) is 9.20. The molecule has 2 heterocycles. The molecule has 0 aliphatic rings. The fourth-order valence-electron chi connectivity index (χ4n) is 2.88. The summed E-state index contributed by atoms with van der Waals surface area (Å²) in [5.74, 6) is 2.04. The Morgan fingerprint density at radius 1 is 1.11 bits per heavy atom. The van der Waals surface area contributed by atoms with Gasteiger partial charge in [0.25, 0.3) is 11.4 Å². The molecular weight excluding hydrogens is 380 g/mol. The molecular formula is C20H17ClN4O3. The van der Waals surface area contributed by atoms with Gasteiger partial charge in [0.2, 0.25) is 0 Å². The molecule has 0 saturated carbocycles. The highest BCUT2D eigenvalue weighted by atomic mass is 35.5. The van der Waals surface area contributed by atoms with E-state index < -0.39 is 0 Å². The van der Waals surface area contributed by atoms with Gasteiger partial charge in [0.15, 0.2) is 12.4 Å². The summed E-state index contributed by atoms with van der Waals surface area (Å²) in [4.78, 5) is 21.8. The molecule has 2 aromatic heterocycles. The van der Waals surface area contributed by atoms with E-state index in [-0.39, 0.29) is 18.7 Å². The van der Waals surface area contributed by atoms with Gasteiger partial charge in [0, 0.05) is 11.4 Å². The number of hydrogen-bond donors (Lipinski definition) is 0. The van der Waals surface area contributed by atoms with E-state index in [4.69, 9.17) is 20.9 Å². The second kappa shape index (κ2) is 7.82. The number of para-hydroxylation sites is 1. The zero-order valence-corrected chi connectivity index (χ0v) is 15.9. The Labute approximate surface area is 165 Å². The molecule has 0 unspecified atom stereocenters. The summed E-state index contributed by atoms with van der Waals surface area (Å²) in [7, 11) is 0. The fourth-order valence-corrected chi connectivity index (χ4v) is 3.00. The first kappa shape index (κ1) is 18.2. The zero-order valence-electron chi connectivity index (χ0n) is 15.1. The molecule has 0 spiro atoms. The molecule has 7 nitrogen and oxygen atoms in total. The van der Waals surface area contributed by atoms with E-state index in [1.54, 1.807) is 34.9 Å². The number of halogens is 1. The second-order valence-electron chi connectivity index (χ2n) is 6.14. The van der Waals surface area contributed by atoms with Crippen molar-refractivity contribution >= 4 is 22.5 Å². The van der Waals surface area contributed by atoms with Crippen LogP contribution in [-0.2, 0) is 19.6 Å². The number of rotatable bonds is 6. The maximum atomic E-state index is 12.9. The minimum absolute atomic E-state index is 0.119. The topological polar surface area (TPSA) is 83.0 Å². The summed E-state index contributed by atoms with van der Waals surface area (Å²) in [5.41, 5.74) is 0.567. The Morgan fingerprint density at radius 2 is 1.89 bits per heavy atom. The van der Waals surface area contributed by atoms with E-state index in [2.05, 4.69) is 15.1 Å². The Bertz CT molecular complexity index is 1170. The highest BCUT2D eigenvalue weighted by Crippen LogP contribution is 2.17. The molecule has 0 saturated heterocycles. The largest absolute Gasteiger partial charge is 0.484 e. The van der Waals surface area contributed by atoms with Crippen molar-refractivity contribution in [3.63, 3.8) is 0 Å². The first-order valence-electron chi connectivity index (χ1n) is 8.82. The van der Waals surface area contributed by atoms with Gasteiger partial charge in [0.1, 0.15) is 11.6 Å². The van der Waals surface area contributed by atoms with Crippen LogP contribution in [0.15, 0.2) is 57.8 Å². The SMILES string of the molecule is CCc1nc2ccccc2c(=O)n1Cc1noc(COc2ccc(Cl)cc2)n1. The van der Waals surface area contributed by atoms with E-state index >= 15 is 0 Å².